The smallest absolute Gasteiger partial charge is 0.315 e. The van der Waals surface area contributed by atoms with Crippen LogP contribution >= 0.6 is 0 Å². The van der Waals surface area contributed by atoms with Crippen LogP contribution in [0.3, 0.4) is 0 Å². The van der Waals surface area contributed by atoms with Crippen molar-refractivity contribution in [3.63, 3.8) is 0 Å². The number of aromatic amines is 1. The highest BCUT2D eigenvalue weighted by Gasteiger charge is 2.47. The van der Waals surface area contributed by atoms with Crippen LogP contribution in [-0.4, -0.2) is 51.9 Å². The first kappa shape index (κ1) is 18.1. The Bertz CT molecular complexity index is 835. The van der Waals surface area contributed by atoms with Crippen molar-refractivity contribution in [3.8, 4) is 11.3 Å². The molecular weight excluding hydrogens is 334 g/mol. The molecule has 0 aliphatic carbocycles. The molecule has 1 unspecified atom stereocenters. The Morgan fingerprint density at radius 2 is 2.15 bits per heavy atom. The lowest BCUT2D eigenvalue weighted by molar-refractivity contribution is -0.268. The summed E-state index contributed by atoms with van der Waals surface area (Å²) >= 11 is 0. The van der Waals surface area contributed by atoms with Gasteiger partial charge in [-0.25, -0.2) is 9.28 Å². The quantitative estimate of drug-likeness (QED) is 0.838. The van der Waals surface area contributed by atoms with Crippen molar-refractivity contribution in [1.29, 1.82) is 0 Å². The highest BCUT2D eigenvalue weighted by molar-refractivity contribution is 5.89. The third kappa shape index (κ3) is 2.66. The fraction of sp³-hybridized carbons (Fsp3) is 0.444. The molecule has 2 aromatic rings. The first-order chi connectivity index (χ1) is 12.3. The molecule has 2 heterocycles. The van der Waals surface area contributed by atoms with Gasteiger partial charge in [-0.3, -0.25) is 0 Å². The van der Waals surface area contributed by atoms with Gasteiger partial charge in [0.05, 0.1) is 32.3 Å². The minimum Gasteiger partial charge on any atom is -0.530 e. The number of hydrogen-bond acceptors (Lipinski definition) is 5. The number of quaternary nitrogens is 1. The monoisotopic (exact) mass is 357 g/mol. The van der Waals surface area contributed by atoms with E-state index in [4.69, 9.17) is 0 Å². The molecule has 3 atom stereocenters. The molecule has 0 fully saturated rings. The van der Waals surface area contributed by atoms with Crippen LogP contribution in [0.1, 0.15) is 38.8 Å². The lowest BCUT2D eigenvalue weighted by atomic mass is 9.87. The normalized spacial score (nSPS) is 24.8. The van der Waals surface area contributed by atoms with Gasteiger partial charge in [-0.1, -0.05) is 0 Å². The molecule has 2 amide bonds. The van der Waals surface area contributed by atoms with Gasteiger partial charge in [0.2, 0.25) is 0 Å². The molecule has 0 saturated heterocycles. The van der Waals surface area contributed by atoms with E-state index in [9.17, 15) is 14.7 Å². The van der Waals surface area contributed by atoms with E-state index in [1.54, 1.807) is 20.0 Å². The molecule has 1 aliphatic heterocycles. The van der Waals surface area contributed by atoms with Gasteiger partial charge >= 0.3 is 5.91 Å². The topological polar surface area (TPSA) is 102 Å². The van der Waals surface area contributed by atoms with E-state index >= 15 is 0 Å². The van der Waals surface area contributed by atoms with Crippen molar-refractivity contribution >= 4 is 17.7 Å². The zero-order valence-electron chi connectivity index (χ0n) is 15.4. The number of rotatable bonds is 3. The van der Waals surface area contributed by atoms with E-state index in [1.165, 1.54) is 4.90 Å². The van der Waals surface area contributed by atoms with Crippen molar-refractivity contribution < 1.29 is 14.7 Å². The van der Waals surface area contributed by atoms with Crippen LogP contribution in [0, 0.1) is 0 Å². The molecule has 138 valence electrons. The number of H-pyrrole nitrogens is 1. The van der Waals surface area contributed by atoms with Crippen molar-refractivity contribution in [2.24, 2.45) is 0 Å². The summed E-state index contributed by atoms with van der Waals surface area (Å²) in [6.45, 7) is 5.65. The summed E-state index contributed by atoms with van der Waals surface area (Å²) < 4.78 is 0.134. The maximum atomic E-state index is 12.5. The largest absolute Gasteiger partial charge is 0.530 e. The zero-order valence-corrected chi connectivity index (χ0v) is 15.4. The van der Waals surface area contributed by atoms with Gasteiger partial charge in [-0.2, -0.15) is 15.4 Å². The average Bonchev–Trinajstić information content (AvgIpc) is 3.13. The third-order valence-corrected chi connectivity index (χ3v) is 5.65. The molecule has 3 rings (SSSR count). The molecule has 0 bridgehead atoms. The molecule has 0 spiro atoms. The van der Waals surface area contributed by atoms with Crippen molar-refractivity contribution in [3.05, 3.63) is 30.0 Å². The second-order valence-corrected chi connectivity index (χ2v) is 6.88. The number of hydrogen-bond donors (Lipinski definition) is 1. The second kappa shape index (κ2) is 6.53. The molecule has 26 heavy (non-hydrogen) atoms. The summed E-state index contributed by atoms with van der Waals surface area (Å²) in [6, 6.07) is 5.27. The van der Waals surface area contributed by atoms with Gasteiger partial charge in [0.25, 0.3) is 0 Å². The molecule has 8 nitrogen and oxygen atoms in total. The zero-order chi connectivity index (χ0) is 19.1. The molecule has 1 aliphatic rings. The summed E-state index contributed by atoms with van der Waals surface area (Å²) in [7, 11) is 1.88. The van der Waals surface area contributed by atoms with Crippen LogP contribution in [0.5, 0.6) is 0 Å². The number of carboxylic acid groups (broad SMARTS) is 1. The number of nitrogens with zero attached hydrogens (tertiary/aromatic N) is 4. The number of benzene rings is 1. The first-order valence-electron chi connectivity index (χ1n) is 8.66. The van der Waals surface area contributed by atoms with Crippen molar-refractivity contribution in [2.45, 2.75) is 39.3 Å². The Balaban J connectivity index is 2.22. The minimum atomic E-state index is -1.21. The predicted molar refractivity (Wildman–Crippen MR) is 94.8 cm³/mol. The van der Waals surface area contributed by atoms with E-state index in [1.807, 2.05) is 32.2 Å². The number of aromatic nitrogens is 3. The molecule has 8 heteroatoms. The molecule has 0 saturated carbocycles. The fourth-order valence-corrected chi connectivity index (χ4v) is 3.89. The highest BCUT2D eigenvalue weighted by Crippen LogP contribution is 2.45. The first-order valence-corrected chi connectivity index (χ1v) is 8.66. The fourth-order valence-electron chi connectivity index (χ4n) is 3.89. The van der Waals surface area contributed by atoms with Crippen LogP contribution in [-0.2, 0) is 4.79 Å². The number of fused-ring (bicyclic) bond motifs is 1. The minimum absolute atomic E-state index is 0.0166. The summed E-state index contributed by atoms with van der Waals surface area (Å²) in [6.07, 6.45) is 0.937. The van der Waals surface area contributed by atoms with Crippen molar-refractivity contribution in [2.75, 3.05) is 13.6 Å². The molecular formula is C18H23N5O3. The predicted octanol–water partition coefficient (Wildman–Crippen LogP) is 1.45. The Kier molecular flexibility index (Phi) is 4.53. The van der Waals surface area contributed by atoms with Gasteiger partial charge < -0.3 is 14.8 Å². The van der Waals surface area contributed by atoms with E-state index < -0.39 is 6.09 Å². The number of carbonyl (C=O) groups excluding carboxylic acids is 2. The molecule has 1 aromatic heterocycles. The Morgan fingerprint density at radius 3 is 2.69 bits per heavy atom. The van der Waals surface area contributed by atoms with Crippen LogP contribution in [0.15, 0.2) is 24.4 Å². The summed E-state index contributed by atoms with van der Waals surface area (Å²) in [4.78, 5) is 25.5. The second-order valence-electron chi connectivity index (χ2n) is 6.88. The van der Waals surface area contributed by atoms with Crippen LogP contribution in [0.4, 0.5) is 10.5 Å². The number of nitrogens with one attached hydrogen (secondary N) is 1. The van der Waals surface area contributed by atoms with Gasteiger partial charge in [-0.05, 0) is 26.0 Å². The highest BCUT2D eigenvalue weighted by atomic mass is 16.4. The summed E-state index contributed by atoms with van der Waals surface area (Å²) in [5, 5.41) is 22.2. The number of amides is 2. The lowest BCUT2D eigenvalue weighted by Crippen LogP contribution is -2.60. The lowest BCUT2D eigenvalue weighted by Gasteiger charge is -2.46. The SMILES string of the molecule is CCN(C(=O)[O-])[C@@H]1C[C@H](C)[N+](C)(C(C)=O)c2ccc(-c3cn[nH]n3)cc21. The van der Waals surface area contributed by atoms with Crippen LogP contribution in [0.25, 0.3) is 11.3 Å². The van der Waals surface area contributed by atoms with Gasteiger partial charge in [0.1, 0.15) is 17.5 Å². The number of carbonyl (C=O) groups is 2. The van der Waals surface area contributed by atoms with Crippen molar-refractivity contribution in [1.82, 2.24) is 24.8 Å². The molecule has 0 radical (unpaired) electrons. The van der Waals surface area contributed by atoms with Gasteiger partial charge in [-0.15, -0.1) is 0 Å². The van der Waals surface area contributed by atoms with E-state index in [2.05, 4.69) is 15.4 Å². The molecule has 1 aromatic carbocycles. The van der Waals surface area contributed by atoms with Crippen LogP contribution in [0.2, 0.25) is 0 Å². The van der Waals surface area contributed by atoms with E-state index in [0.29, 0.717) is 18.7 Å². The van der Waals surface area contributed by atoms with Crippen LogP contribution < -0.4 is 9.59 Å². The summed E-state index contributed by atoms with van der Waals surface area (Å²) in [5.41, 5.74) is 3.11. The molecule has 1 N–H and O–H groups in total. The average molecular weight is 357 g/mol. The van der Waals surface area contributed by atoms with E-state index in [0.717, 1.165) is 16.8 Å². The van der Waals surface area contributed by atoms with E-state index in [-0.39, 0.29) is 22.5 Å². The Labute approximate surface area is 152 Å². The maximum Gasteiger partial charge on any atom is 0.315 e. The third-order valence-electron chi connectivity index (χ3n) is 5.65. The standard InChI is InChI=1S/C18H23N5O3/c1-5-22(18(25)26)16-8-11(2)23(4,12(3)24)17-7-6-13(9-14(16)17)15-10-19-21-20-15/h6-7,9-11,16H,5,8H2,1-4H3,(H-,19,20,21,25,26)/t11-,16+,23?/m0/s1. The van der Waals surface area contributed by atoms with Gasteiger partial charge in [0, 0.05) is 30.2 Å². The Hall–Kier alpha value is -2.74. The van der Waals surface area contributed by atoms with Gasteiger partial charge in [0.15, 0.2) is 0 Å². The maximum absolute atomic E-state index is 12.5. The summed E-state index contributed by atoms with van der Waals surface area (Å²) in [5.74, 6) is 0.0166. The Morgan fingerprint density at radius 1 is 1.42 bits per heavy atom.